The third-order valence-corrected chi connectivity index (χ3v) is 2.93. The van der Waals surface area contributed by atoms with Crippen molar-refractivity contribution < 1.29 is 9.53 Å². The molecule has 0 bridgehead atoms. The number of nitrogens with one attached hydrogen (secondary N) is 1. The maximum Gasteiger partial charge on any atom is 0.224 e. The predicted octanol–water partition coefficient (Wildman–Crippen LogP) is 1.09. The first kappa shape index (κ1) is 11.0. The lowest BCUT2D eigenvalue weighted by atomic mass is 9.93. The summed E-state index contributed by atoms with van der Waals surface area (Å²) in [5, 5.41) is 3.08. The normalized spacial score (nSPS) is 29.0. The second-order valence-electron chi connectivity index (χ2n) is 4.05. The zero-order chi connectivity index (χ0) is 11.5. The molecule has 2 rings (SSSR count). The molecule has 1 aromatic heterocycles. The summed E-state index contributed by atoms with van der Waals surface area (Å²) in [6.07, 6.45) is 3.14. The van der Waals surface area contributed by atoms with Crippen LogP contribution in [0.3, 0.4) is 0 Å². The van der Waals surface area contributed by atoms with Crippen molar-refractivity contribution >= 4 is 11.7 Å². The third kappa shape index (κ3) is 2.19. The molecule has 5 nitrogen and oxygen atoms in total. The summed E-state index contributed by atoms with van der Waals surface area (Å²) >= 11 is 0. The number of hydrogen-bond acceptors (Lipinski definition) is 5. The molecule has 1 fully saturated rings. The van der Waals surface area contributed by atoms with Gasteiger partial charge >= 0.3 is 0 Å². The van der Waals surface area contributed by atoms with Gasteiger partial charge in [0.15, 0.2) is 0 Å². The number of rotatable bonds is 3. The molecule has 0 amide bonds. The Bertz CT molecular complexity index is 369. The minimum atomic E-state index is -0.184. The Balaban J connectivity index is 2.00. The average Bonchev–Trinajstić information content (AvgIpc) is 2.62. The smallest absolute Gasteiger partial charge is 0.224 e. The van der Waals surface area contributed by atoms with E-state index in [1.165, 1.54) is 0 Å². The summed E-state index contributed by atoms with van der Waals surface area (Å²) in [5.74, 6) is 0.817. The van der Waals surface area contributed by atoms with Crippen LogP contribution in [0.15, 0.2) is 18.5 Å². The largest absolute Gasteiger partial charge is 0.357 e. The van der Waals surface area contributed by atoms with Gasteiger partial charge in [0.25, 0.3) is 0 Å². The van der Waals surface area contributed by atoms with E-state index in [-0.39, 0.29) is 23.8 Å². The zero-order valence-electron chi connectivity index (χ0n) is 9.38. The van der Waals surface area contributed by atoms with Crippen LogP contribution in [0, 0.1) is 11.8 Å². The molecule has 1 aromatic rings. The summed E-state index contributed by atoms with van der Waals surface area (Å²) in [6, 6.07) is 1.75. The Kier molecular flexibility index (Phi) is 3.14. The molecule has 0 spiro atoms. The van der Waals surface area contributed by atoms with Crippen LogP contribution in [0.25, 0.3) is 0 Å². The summed E-state index contributed by atoms with van der Waals surface area (Å²) < 4.78 is 5.53. The van der Waals surface area contributed by atoms with E-state index in [9.17, 15) is 4.79 Å². The fraction of sp³-hybridized carbons (Fsp3) is 0.545. The van der Waals surface area contributed by atoms with Crippen molar-refractivity contribution in [1.82, 2.24) is 9.97 Å². The maximum absolute atomic E-state index is 11.3. The number of ether oxygens (including phenoxy) is 1. The van der Waals surface area contributed by atoms with Crippen molar-refractivity contribution in [3.05, 3.63) is 18.5 Å². The van der Waals surface area contributed by atoms with E-state index in [0.29, 0.717) is 12.6 Å². The van der Waals surface area contributed by atoms with E-state index in [2.05, 4.69) is 15.3 Å². The van der Waals surface area contributed by atoms with Crippen LogP contribution < -0.4 is 5.32 Å². The highest BCUT2D eigenvalue weighted by atomic mass is 16.5. The molecular formula is C11H15N3O2. The molecule has 86 valence electrons. The van der Waals surface area contributed by atoms with Crippen molar-refractivity contribution in [1.29, 1.82) is 0 Å². The zero-order valence-corrected chi connectivity index (χ0v) is 9.38. The molecule has 1 aliphatic heterocycles. The van der Waals surface area contributed by atoms with Gasteiger partial charge in [-0.05, 0) is 13.0 Å². The molecule has 1 aliphatic rings. The monoisotopic (exact) mass is 221 g/mol. The molecular weight excluding hydrogens is 206 g/mol. The Morgan fingerprint density at radius 3 is 2.75 bits per heavy atom. The van der Waals surface area contributed by atoms with E-state index in [1.807, 2.05) is 6.92 Å². The Labute approximate surface area is 94.2 Å². The van der Waals surface area contributed by atoms with Gasteiger partial charge < -0.3 is 10.1 Å². The number of aromatic nitrogens is 2. The average molecular weight is 221 g/mol. The van der Waals surface area contributed by atoms with Gasteiger partial charge in [0.1, 0.15) is 12.0 Å². The van der Waals surface area contributed by atoms with Crippen LogP contribution >= 0.6 is 0 Å². The number of Topliss-reactive ketones (excluding diaryl/α,β-unsaturated/α-hetero) is 1. The van der Waals surface area contributed by atoms with Gasteiger partial charge in [-0.2, -0.15) is 0 Å². The topological polar surface area (TPSA) is 64.1 Å². The highest BCUT2D eigenvalue weighted by Gasteiger charge is 2.36. The van der Waals surface area contributed by atoms with Gasteiger partial charge in [-0.15, -0.1) is 0 Å². The van der Waals surface area contributed by atoms with Crippen molar-refractivity contribution in [2.75, 3.05) is 11.9 Å². The molecule has 2 heterocycles. The first-order valence-electron chi connectivity index (χ1n) is 5.34. The number of carbonyl (C=O) groups excluding carboxylic acids is 1. The molecule has 0 unspecified atom stereocenters. The van der Waals surface area contributed by atoms with Gasteiger partial charge in [0, 0.05) is 24.2 Å². The maximum atomic E-state index is 11.3. The molecule has 0 aliphatic carbocycles. The van der Waals surface area contributed by atoms with Gasteiger partial charge in [-0.3, -0.25) is 4.79 Å². The minimum Gasteiger partial charge on any atom is -0.357 e. The summed E-state index contributed by atoms with van der Waals surface area (Å²) in [4.78, 5) is 19.4. The Morgan fingerprint density at radius 1 is 1.50 bits per heavy atom. The Morgan fingerprint density at radius 2 is 2.19 bits per heavy atom. The molecule has 1 N–H and O–H groups in total. The third-order valence-electron chi connectivity index (χ3n) is 2.93. The quantitative estimate of drug-likeness (QED) is 0.827. The van der Waals surface area contributed by atoms with E-state index >= 15 is 0 Å². The first-order chi connectivity index (χ1) is 7.68. The standard InChI is InChI=1S/C11H15N3O2/c1-7-9(8(2)15)6-16-10(7)14-11-12-4-3-5-13-11/h3-5,7,9-10H,6H2,1-2H3,(H,12,13,14)/t7-,9-,10-/m0/s1. The van der Waals surface area contributed by atoms with Crippen molar-refractivity contribution in [3.63, 3.8) is 0 Å². The summed E-state index contributed by atoms with van der Waals surface area (Å²) in [7, 11) is 0. The highest BCUT2D eigenvalue weighted by molar-refractivity contribution is 5.79. The van der Waals surface area contributed by atoms with Crippen molar-refractivity contribution in [3.8, 4) is 0 Å². The Hall–Kier alpha value is -1.49. The first-order valence-corrected chi connectivity index (χ1v) is 5.34. The van der Waals surface area contributed by atoms with Gasteiger partial charge in [-0.1, -0.05) is 6.92 Å². The molecule has 0 saturated carbocycles. The van der Waals surface area contributed by atoms with E-state index < -0.39 is 0 Å². The second kappa shape index (κ2) is 4.57. The lowest BCUT2D eigenvalue weighted by Crippen LogP contribution is -2.28. The molecule has 3 atom stereocenters. The minimum absolute atomic E-state index is 0.0267. The lowest BCUT2D eigenvalue weighted by molar-refractivity contribution is -0.121. The van der Waals surface area contributed by atoms with Gasteiger partial charge in [0.2, 0.25) is 5.95 Å². The van der Waals surface area contributed by atoms with Crippen LogP contribution in [-0.2, 0) is 9.53 Å². The number of carbonyl (C=O) groups is 1. The van der Waals surface area contributed by atoms with E-state index in [4.69, 9.17) is 4.74 Å². The number of anilines is 1. The SMILES string of the molecule is CC(=O)[C@H]1CO[C@H](Nc2ncccn2)[C@H]1C. The van der Waals surface area contributed by atoms with Crippen LogP contribution in [0.1, 0.15) is 13.8 Å². The molecule has 16 heavy (non-hydrogen) atoms. The molecule has 0 radical (unpaired) electrons. The fourth-order valence-electron chi connectivity index (χ4n) is 1.88. The van der Waals surface area contributed by atoms with Crippen molar-refractivity contribution in [2.24, 2.45) is 11.8 Å². The van der Waals surface area contributed by atoms with Crippen LogP contribution in [0.2, 0.25) is 0 Å². The predicted molar refractivity (Wildman–Crippen MR) is 58.7 cm³/mol. The molecule has 1 saturated heterocycles. The fourth-order valence-corrected chi connectivity index (χ4v) is 1.88. The second-order valence-corrected chi connectivity index (χ2v) is 4.05. The van der Waals surface area contributed by atoms with E-state index in [1.54, 1.807) is 25.4 Å². The molecule has 0 aromatic carbocycles. The lowest BCUT2D eigenvalue weighted by Gasteiger charge is -2.17. The van der Waals surface area contributed by atoms with Crippen LogP contribution in [-0.4, -0.2) is 28.6 Å². The van der Waals surface area contributed by atoms with Crippen LogP contribution in [0.5, 0.6) is 0 Å². The van der Waals surface area contributed by atoms with Crippen LogP contribution in [0.4, 0.5) is 5.95 Å². The van der Waals surface area contributed by atoms with Gasteiger partial charge in [0.05, 0.1) is 6.61 Å². The van der Waals surface area contributed by atoms with Crippen molar-refractivity contribution in [2.45, 2.75) is 20.1 Å². The summed E-state index contributed by atoms with van der Waals surface area (Å²) in [6.45, 7) is 4.08. The number of hydrogen-bond donors (Lipinski definition) is 1. The summed E-state index contributed by atoms with van der Waals surface area (Å²) in [5.41, 5.74) is 0. The number of nitrogens with zero attached hydrogens (tertiary/aromatic N) is 2. The van der Waals surface area contributed by atoms with E-state index in [0.717, 1.165) is 0 Å². The molecule has 5 heteroatoms. The highest BCUT2D eigenvalue weighted by Crippen LogP contribution is 2.27. The number of ketones is 1. The van der Waals surface area contributed by atoms with Gasteiger partial charge in [-0.25, -0.2) is 9.97 Å².